The number of rotatable bonds is 6. The van der Waals surface area contributed by atoms with Gasteiger partial charge in [0.2, 0.25) is 0 Å². The zero-order chi connectivity index (χ0) is 14.0. The fourth-order valence-electron chi connectivity index (χ4n) is 3.12. The van der Waals surface area contributed by atoms with Crippen molar-refractivity contribution in [3.63, 3.8) is 0 Å². The lowest BCUT2D eigenvalue weighted by Gasteiger charge is -2.49. The van der Waals surface area contributed by atoms with Crippen LogP contribution in [-0.2, 0) is 0 Å². The zero-order valence-corrected chi connectivity index (χ0v) is 11.6. The lowest BCUT2D eigenvalue weighted by Crippen LogP contribution is -2.53. The van der Waals surface area contributed by atoms with Gasteiger partial charge in [-0.15, -0.1) is 0 Å². The normalized spacial score (nSPS) is 31.6. The van der Waals surface area contributed by atoms with E-state index >= 15 is 0 Å². The van der Waals surface area contributed by atoms with Gasteiger partial charge in [0.05, 0.1) is 11.5 Å². The van der Waals surface area contributed by atoms with Crippen LogP contribution in [0.3, 0.4) is 0 Å². The summed E-state index contributed by atoms with van der Waals surface area (Å²) >= 11 is 0. The van der Waals surface area contributed by atoms with Crippen molar-refractivity contribution in [2.75, 3.05) is 0 Å². The van der Waals surface area contributed by atoms with Gasteiger partial charge in [0, 0.05) is 0 Å². The topological polar surface area (TPSA) is 12.4 Å². The fourth-order valence-corrected chi connectivity index (χ4v) is 3.12. The van der Waals surface area contributed by atoms with E-state index in [1.54, 1.807) is 0 Å². The molecule has 0 amide bonds. The Hall–Kier alpha value is -0.540. The van der Waals surface area contributed by atoms with Gasteiger partial charge in [-0.3, -0.25) is 4.99 Å². The first-order chi connectivity index (χ1) is 8.30. The van der Waals surface area contributed by atoms with Crippen LogP contribution in [0.2, 0.25) is 0 Å². The second-order valence-electron chi connectivity index (χ2n) is 5.65. The maximum atomic E-state index is 12.9. The van der Waals surface area contributed by atoms with Gasteiger partial charge in [0.15, 0.2) is 0 Å². The highest BCUT2D eigenvalue weighted by Crippen LogP contribution is 2.54. The average Bonchev–Trinajstić information content (AvgIpc) is 2.26. The molecule has 1 aliphatic carbocycles. The number of nitrogens with zero attached hydrogens (tertiary/aromatic N) is 1. The van der Waals surface area contributed by atoms with Crippen LogP contribution in [0.15, 0.2) is 4.99 Å². The summed E-state index contributed by atoms with van der Waals surface area (Å²) in [4.78, 5) is 3.91. The van der Waals surface area contributed by atoms with Gasteiger partial charge in [0.25, 0.3) is 0 Å². The summed E-state index contributed by atoms with van der Waals surface area (Å²) in [5.74, 6) is -0.519. The van der Waals surface area contributed by atoms with Gasteiger partial charge in [-0.25, -0.2) is 0 Å². The first-order valence-electron chi connectivity index (χ1n) is 6.85. The molecule has 1 rings (SSSR count). The SMILES string of the molecule is C=NC1(CC(CC)[C@@H](C)CC)CCC1C(F)(F)F. The van der Waals surface area contributed by atoms with E-state index in [0.29, 0.717) is 24.7 Å². The first-order valence-corrected chi connectivity index (χ1v) is 6.85. The number of hydrogen-bond acceptors (Lipinski definition) is 1. The number of hydrogen-bond donors (Lipinski definition) is 0. The van der Waals surface area contributed by atoms with Crippen molar-refractivity contribution in [3.05, 3.63) is 0 Å². The Labute approximate surface area is 108 Å². The minimum absolute atomic E-state index is 0.208. The highest BCUT2D eigenvalue weighted by molar-refractivity contribution is 5.28. The standard InChI is InChI=1S/C14H24F3N/c1-5-10(3)11(6-2)9-13(18-4)8-7-12(13)14(15,16)17/h10-12H,4-9H2,1-3H3/t10-,11?,12?,13?/m0/s1. The molecule has 0 N–H and O–H groups in total. The van der Waals surface area contributed by atoms with Crippen LogP contribution < -0.4 is 0 Å². The van der Waals surface area contributed by atoms with Gasteiger partial charge < -0.3 is 0 Å². The molecule has 0 saturated heterocycles. The Bertz CT molecular complexity index is 287. The molecule has 0 aromatic heterocycles. The first kappa shape index (κ1) is 15.5. The molecule has 0 aromatic rings. The van der Waals surface area contributed by atoms with E-state index in [2.05, 4.69) is 32.5 Å². The van der Waals surface area contributed by atoms with Gasteiger partial charge in [-0.2, -0.15) is 13.2 Å². The molecule has 1 fully saturated rings. The molecular formula is C14H24F3N. The van der Waals surface area contributed by atoms with Crippen LogP contribution in [0.5, 0.6) is 0 Å². The highest BCUT2D eigenvalue weighted by Gasteiger charge is 2.59. The molecule has 1 nitrogen and oxygen atoms in total. The summed E-state index contributed by atoms with van der Waals surface area (Å²) in [5.41, 5.74) is -0.942. The summed E-state index contributed by atoms with van der Waals surface area (Å²) in [7, 11) is 0. The molecule has 3 unspecified atom stereocenters. The van der Waals surface area contributed by atoms with Crippen LogP contribution in [0.25, 0.3) is 0 Å². The molecule has 18 heavy (non-hydrogen) atoms. The van der Waals surface area contributed by atoms with E-state index in [4.69, 9.17) is 0 Å². The molecule has 0 aromatic carbocycles. The van der Waals surface area contributed by atoms with Crippen molar-refractivity contribution in [3.8, 4) is 0 Å². The summed E-state index contributed by atoms with van der Waals surface area (Å²) < 4.78 is 38.8. The Morgan fingerprint density at radius 3 is 2.22 bits per heavy atom. The Morgan fingerprint density at radius 1 is 1.33 bits per heavy atom. The van der Waals surface area contributed by atoms with Crippen LogP contribution in [-0.4, -0.2) is 18.4 Å². The van der Waals surface area contributed by atoms with Gasteiger partial charge >= 0.3 is 6.18 Å². The molecule has 0 spiro atoms. The van der Waals surface area contributed by atoms with Crippen LogP contribution in [0, 0.1) is 17.8 Å². The minimum atomic E-state index is -4.13. The predicted octanol–water partition coefficient (Wildman–Crippen LogP) is 4.86. The average molecular weight is 263 g/mol. The third kappa shape index (κ3) is 2.89. The third-order valence-corrected chi connectivity index (χ3v) is 4.81. The van der Waals surface area contributed by atoms with E-state index in [-0.39, 0.29) is 6.42 Å². The zero-order valence-electron chi connectivity index (χ0n) is 11.6. The quantitative estimate of drug-likeness (QED) is 0.607. The smallest absolute Gasteiger partial charge is 0.294 e. The Balaban J connectivity index is 2.80. The highest BCUT2D eigenvalue weighted by atomic mass is 19.4. The lowest BCUT2D eigenvalue weighted by atomic mass is 9.61. The summed E-state index contributed by atoms with van der Waals surface area (Å²) in [6, 6.07) is 0. The molecule has 0 bridgehead atoms. The Morgan fingerprint density at radius 2 is 1.94 bits per heavy atom. The lowest BCUT2D eigenvalue weighted by molar-refractivity contribution is -0.220. The van der Waals surface area contributed by atoms with Crippen LogP contribution >= 0.6 is 0 Å². The van der Waals surface area contributed by atoms with Crippen molar-refractivity contribution < 1.29 is 13.2 Å². The second-order valence-corrected chi connectivity index (χ2v) is 5.65. The summed E-state index contributed by atoms with van der Waals surface area (Å²) in [5, 5.41) is 0. The molecule has 0 radical (unpaired) electrons. The van der Waals surface area contributed by atoms with E-state index in [1.807, 2.05) is 0 Å². The van der Waals surface area contributed by atoms with E-state index in [1.165, 1.54) is 0 Å². The molecule has 1 aliphatic rings. The maximum absolute atomic E-state index is 12.9. The van der Waals surface area contributed by atoms with E-state index in [0.717, 1.165) is 12.8 Å². The van der Waals surface area contributed by atoms with Gasteiger partial charge in [-0.05, 0) is 37.8 Å². The number of alkyl halides is 3. The largest absolute Gasteiger partial charge is 0.394 e. The van der Waals surface area contributed by atoms with Gasteiger partial charge in [-0.1, -0.05) is 33.6 Å². The van der Waals surface area contributed by atoms with E-state index in [9.17, 15) is 13.2 Å². The molecule has 106 valence electrons. The van der Waals surface area contributed by atoms with Crippen molar-refractivity contribution in [1.29, 1.82) is 0 Å². The number of aliphatic imine (C=N–C) groups is 1. The van der Waals surface area contributed by atoms with Crippen molar-refractivity contribution in [2.24, 2.45) is 22.7 Å². The predicted molar refractivity (Wildman–Crippen MR) is 68.9 cm³/mol. The monoisotopic (exact) mass is 263 g/mol. The van der Waals surface area contributed by atoms with Gasteiger partial charge in [0.1, 0.15) is 0 Å². The van der Waals surface area contributed by atoms with Crippen molar-refractivity contribution in [2.45, 2.75) is 64.6 Å². The molecule has 0 heterocycles. The number of halogens is 3. The minimum Gasteiger partial charge on any atom is -0.294 e. The Kier molecular flexibility index (Phi) is 4.84. The molecule has 4 atom stereocenters. The van der Waals surface area contributed by atoms with Crippen LogP contribution in [0.4, 0.5) is 13.2 Å². The van der Waals surface area contributed by atoms with Crippen molar-refractivity contribution >= 4 is 6.72 Å². The maximum Gasteiger partial charge on any atom is 0.394 e. The van der Waals surface area contributed by atoms with Crippen molar-refractivity contribution in [1.82, 2.24) is 0 Å². The second kappa shape index (κ2) is 5.62. The summed E-state index contributed by atoms with van der Waals surface area (Å²) in [6.45, 7) is 9.70. The van der Waals surface area contributed by atoms with Crippen LogP contribution in [0.1, 0.15) is 52.9 Å². The molecule has 0 aliphatic heterocycles. The molecule has 1 saturated carbocycles. The molecule has 4 heteroatoms. The fraction of sp³-hybridized carbons (Fsp3) is 0.929. The molecular weight excluding hydrogens is 239 g/mol. The third-order valence-electron chi connectivity index (χ3n) is 4.81. The van der Waals surface area contributed by atoms with E-state index < -0.39 is 17.6 Å². The summed E-state index contributed by atoms with van der Waals surface area (Å²) in [6.07, 6.45) is -0.939.